The van der Waals surface area contributed by atoms with Gasteiger partial charge in [-0.1, -0.05) is 18.6 Å². The molecule has 0 amide bonds. The maximum atomic E-state index is 13.1. The lowest BCUT2D eigenvalue weighted by atomic mass is 9.83. The van der Waals surface area contributed by atoms with Crippen LogP contribution in [0, 0.1) is 0 Å². The largest absolute Gasteiger partial charge is 0.418 e. The van der Waals surface area contributed by atoms with Gasteiger partial charge in [0.05, 0.1) is 11.3 Å². The van der Waals surface area contributed by atoms with Crippen molar-refractivity contribution < 1.29 is 13.2 Å². The zero-order valence-corrected chi connectivity index (χ0v) is 11.5. The standard InChI is InChI=1S/C15H15F3N2O/c1-19-13(10-5-4-6-10)9-14(21)20(19)12-8-3-2-7-11(12)15(16,17)18/h2-3,7-10H,4-6H2,1H3. The smallest absolute Gasteiger partial charge is 0.285 e. The summed E-state index contributed by atoms with van der Waals surface area (Å²) in [4.78, 5) is 12.2. The van der Waals surface area contributed by atoms with Crippen molar-refractivity contribution in [2.45, 2.75) is 31.4 Å². The minimum Gasteiger partial charge on any atom is -0.285 e. The molecule has 0 unspecified atom stereocenters. The Balaban J connectivity index is 2.18. The molecule has 21 heavy (non-hydrogen) atoms. The predicted molar refractivity (Wildman–Crippen MR) is 72.6 cm³/mol. The number of rotatable bonds is 2. The van der Waals surface area contributed by atoms with E-state index < -0.39 is 17.3 Å². The summed E-state index contributed by atoms with van der Waals surface area (Å²) in [5.74, 6) is 0.280. The second kappa shape index (κ2) is 4.79. The average molecular weight is 296 g/mol. The first kappa shape index (κ1) is 14.0. The van der Waals surface area contributed by atoms with E-state index >= 15 is 0 Å². The van der Waals surface area contributed by atoms with Crippen molar-refractivity contribution in [3.8, 4) is 5.69 Å². The minimum absolute atomic E-state index is 0.122. The van der Waals surface area contributed by atoms with Crippen LogP contribution in [0.1, 0.15) is 36.4 Å². The molecular formula is C15H15F3N2O. The fourth-order valence-electron chi connectivity index (χ4n) is 2.81. The Morgan fingerprint density at radius 3 is 2.43 bits per heavy atom. The molecule has 0 atom stereocenters. The molecule has 0 saturated heterocycles. The van der Waals surface area contributed by atoms with Gasteiger partial charge in [0, 0.05) is 24.7 Å². The maximum Gasteiger partial charge on any atom is 0.418 e. The monoisotopic (exact) mass is 296 g/mol. The second-order valence-corrected chi connectivity index (χ2v) is 5.39. The first-order valence-corrected chi connectivity index (χ1v) is 6.85. The molecule has 2 aromatic rings. The molecule has 1 aliphatic rings. The van der Waals surface area contributed by atoms with Gasteiger partial charge >= 0.3 is 6.18 Å². The van der Waals surface area contributed by atoms with Crippen molar-refractivity contribution in [3.05, 3.63) is 51.9 Å². The highest BCUT2D eigenvalue weighted by Crippen LogP contribution is 2.37. The SMILES string of the molecule is Cn1c(C2CCC2)cc(=O)n1-c1ccccc1C(F)(F)F. The number of aromatic nitrogens is 2. The van der Waals surface area contributed by atoms with Gasteiger partial charge in [-0.05, 0) is 25.0 Å². The number of halogens is 3. The first-order chi connectivity index (χ1) is 9.89. The molecular weight excluding hydrogens is 281 g/mol. The summed E-state index contributed by atoms with van der Waals surface area (Å²) < 4.78 is 42.0. The van der Waals surface area contributed by atoms with E-state index in [1.54, 1.807) is 11.7 Å². The quantitative estimate of drug-likeness (QED) is 0.833. The Kier molecular flexibility index (Phi) is 3.19. The van der Waals surface area contributed by atoms with Crippen molar-refractivity contribution >= 4 is 0 Å². The summed E-state index contributed by atoms with van der Waals surface area (Å²) in [6, 6.07) is 6.61. The fraction of sp³-hybridized carbons (Fsp3) is 0.400. The molecule has 1 heterocycles. The Bertz CT molecular complexity index is 723. The van der Waals surface area contributed by atoms with Gasteiger partial charge in [-0.25, -0.2) is 4.68 Å². The molecule has 1 aliphatic carbocycles. The van der Waals surface area contributed by atoms with Crippen LogP contribution in [-0.2, 0) is 13.2 Å². The molecule has 3 rings (SSSR count). The third kappa shape index (κ3) is 2.28. The van der Waals surface area contributed by atoms with Crippen LogP contribution in [0.4, 0.5) is 13.2 Å². The minimum atomic E-state index is -4.49. The molecule has 0 bridgehead atoms. The van der Waals surface area contributed by atoms with Crippen LogP contribution in [-0.4, -0.2) is 9.36 Å². The Hall–Kier alpha value is -1.98. The number of alkyl halides is 3. The molecule has 0 aliphatic heterocycles. The third-order valence-electron chi connectivity index (χ3n) is 4.11. The van der Waals surface area contributed by atoms with Crippen molar-refractivity contribution in [2.75, 3.05) is 0 Å². The van der Waals surface area contributed by atoms with E-state index in [0.717, 1.165) is 35.7 Å². The normalized spacial score (nSPS) is 16.0. The van der Waals surface area contributed by atoms with Crippen LogP contribution in [0.3, 0.4) is 0 Å². The summed E-state index contributed by atoms with van der Waals surface area (Å²) in [5.41, 5.74) is -0.532. The summed E-state index contributed by atoms with van der Waals surface area (Å²) in [7, 11) is 1.64. The van der Waals surface area contributed by atoms with Crippen molar-refractivity contribution in [1.82, 2.24) is 9.36 Å². The maximum absolute atomic E-state index is 13.1. The van der Waals surface area contributed by atoms with Gasteiger partial charge in [0.15, 0.2) is 0 Å². The van der Waals surface area contributed by atoms with Crippen LogP contribution in [0.15, 0.2) is 35.1 Å². The van der Waals surface area contributed by atoms with Crippen LogP contribution in [0.2, 0.25) is 0 Å². The zero-order valence-electron chi connectivity index (χ0n) is 11.5. The van der Waals surface area contributed by atoms with E-state index in [1.807, 2.05) is 0 Å². The molecule has 0 radical (unpaired) electrons. The van der Waals surface area contributed by atoms with Crippen LogP contribution in [0.25, 0.3) is 5.69 Å². The predicted octanol–water partition coefficient (Wildman–Crippen LogP) is 3.46. The van der Waals surface area contributed by atoms with Crippen LogP contribution in [0.5, 0.6) is 0 Å². The van der Waals surface area contributed by atoms with E-state index in [-0.39, 0.29) is 11.6 Å². The Morgan fingerprint density at radius 1 is 1.19 bits per heavy atom. The van der Waals surface area contributed by atoms with Gasteiger partial charge in [-0.15, -0.1) is 0 Å². The molecule has 112 valence electrons. The van der Waals surface area contributed by atoms with E-state index in [4.69, 9.17) is 0 Å². The number of para-hydroxylation sites is 1. The molecule has 0 spiro atoms. The van der Waals surface area contributed by atoms with Gasteiger partial charge in [0.2, 0.25) is 0 Å². The van der Waals surface area contributed by atoms with Crippen LogP contribution >= 0.6 is 0 Å². The summed E-state index contributed by atoms with van der Waals surface area (Å²) in [6.45, 7) is 0. The van der Waals surface area contributed by atoms with E-state index in [2.05, 4.69) is 0 Å². The molecule has 1 aromatic heterocycles. The zero-order chi connectivity index (χ0) is 15.2. The molecule has 3 nitrogen and oxygen atoms in total. The van der Waals surface area contributed by atoms with Gasteiger partial charge in [-0.3, -0.25) is 9.48 Å². The molecule has 1 aromatic carbocycles. The highest BCUT2D eigenvalue weighted by Gasteiger charge is 2.35. The van der Waals surface area contributed by atoms with E-state index in [0.29, 0.717) is 0 Å². The lowest BCUT2D eigenvalue weighted by Gasteiger charge is -2.26. The van der Waals surface area contributed by atoms with Gasteiger partial charge < -0.3 is 0 Å². The Labute approximate surface area is 119 Å². The number of hydrogen-bond acceptors (Lipinski definition) is 1. The summed E-state index contributed by atoms with van der Waals surface area (Å²) in [6.07, 6.45) is -1.42. The highest BCUT2D eigenvalue weighted by molar-refractivity contribution is 5.42. The lowest BCUT2D eigenvalue weighted by molar-refractivity contribution is -0.137. The van der Waals surface area contributed by atoms with Gasteiger partial charge in [0.25, 0.3) is 5.56 Å². The van der Waals surface area contributed by atoms with Crippen LogP contribution < -0.4 is 5.56 Å². The molecule has 1 fully saturated rings. The van der Waals surface area contributed by atoms with Gasteiger partial charge in [0.1, 0.15) is 0 Å². The van der Waals surface area contributed by atoms with E-state index in [1.165, 1.54) is 24.3 Å². The number of benzene rings is 1. The summed E-state index contributed by atoms with van der Waals surface area (Å²) >= 11 is 0. The van der Waals surface area contributed by atoms with Crippen molar-refractivity contribution in [2.24, 2.45) is 7.05 Å². The third-order valence-corrected chi connectivity index (χ3v) is 4.11. The van der Waals surface area contributed by atoms with Crippen molar-refractivity contribution in [1.29, 1.82) is 0 Å². The molecule has 1 saturated carbocycles. The second-order valence-electron chi connectivity index (χ2n) is 5.39. The van der Waals surface area contributed by atoms with Crippen molar-refractivity contribution in [3.63, 3.8) is 0 Å². The highest BCUT2D eigenvalue weighted by atomic mass is 19.4. The van der Waals surface area contributed by atoms with Gasteiger partial charge in [-0.2, -0.15) is 13.2 Å². The van der Waals surface area contributed by atoms with E-state index in [9.17, 15) is 18.0 Å². The molecule has 0 N–H and O–H groups in total. The Morgan fingerprint density at radius 2 is 1.86 bits per heavy atom. The fourth-order valence-corrected chi connectivity index (χ4v) is 2.81. The topological polar surface area (TPSA) is 26.9 Å². The number of hydrogen-bond donors (Lipinski definition) is 0. The number of nitrogens with zero attached hydrogens (tertiary/aromatic N) is 2. The first-order valence-electron chi connectivity index (χ1n) is 6.85. The average Bonchev–Trinajstić information content (AvgIpc) is 2.62. The lowest BCUT2D eigenvalue weighted by Crippen LogP contribution is -2.24. The molecule has 6 heteroatoms. The summed E-state index contributed by atoms with van der Waals surface area (Å²) in [5, 5.41) is 0.